The van der Waals surface area contributed by atoms with Gasteiger partial charge in [-0.2, -0.15) is 13.2 Å². The fourth-order valence-corrected chi connectivity index (χ4v) is 6.01. The lowest BCUT2D eigenvalue weighted by molar-refractivity contribution is -0.186. The van der Waals surface area contributed by atoms with Gasteiger partial charge >= 0.3 is 12.1 Å². The highest BCUT2D eigenvalue weighted by molar-refractivity contribution is 7.94. The van der Waals surface area contributed by atoms with Crippen LogP contribution < -0.4 is 10.1 Å². The Kier molecular flexibility index (Phi) is 10.1. The first kappa shape index (κ1) is 32.3. The number of hydrogen-bond acceptors (Lipinski definition) is 6. The number of alkyl halides is 3. The number of fused-ring (bicyclic) bond motifs is 1. The van der Waals surface area contributed by atoms with Crippen molar-refractivity contribution in [3.63, 3.8) is 0 Å². The van der Waals surface area contributed by atoms with Crippen LogP contribution in [-0.4, -0.2) is 62.9 Å². The topological polar surface area (TPSA) is 110 Å². The molecule has 1 aliphatic rings. The number of sulfonamides is 1. The van der Waals surface area contributed by atoms with Gasteiger partial charge in [0.1, 0.15) is 27.4 Å². The molecule has 1 heterocycles. The third kappa shape index (κ3) is 8.50. The average Bonchev–Trinajstić information content (AvgIpc) is 2.94. The molecule has 0 bridgehead atoms. The second kappa shape index (κ2) is 13.4. The number of nitrogens with zero attached hydrogens (tertiary/aromatic N) is 2. The van der Waals surface area contributed by atoms with Crippen LogP contribution in [-0.2, 0) is 40.7 Å². The summed E-state index contributed by atoms with van der Waals surface area (Å²) in [5, 5.41) is 14.0. The number of ether oxygens (including phenoxy) is 1. The molecular weight excluding hydrogens is 597 g/mol. The molecule has 43 heavy (non-hydrogen) atoms. The van der Waals surface area contributed by atoms with Crippen molar-refractivity contribution in [2.45, 2.75) is 49.1 Å². The van der Waals surface area contributed by atoms with Gasteiger partial charge in [-0.1, -0.05) is 24.2 Å². The highest BCUT2D eigenvalue weighted by Gasteiger charge is 2.43. The largest absolute Gasteiger partial charge is 0.540 e. The summed E-state index contributed by atoms with van der Waals surface area (Å²) < 4.78 is 102. The van der Waals surface area contributed by atoms with Crippen molar-refractivity contribution in [3.05, 3.63) is 99.3 Å². The maximum absolute atomic E-state index is 13.9. The van der Waals surface area contributed by atoms with Crippen LogP contribution in [0.1, 0.15) is 22.3 Å². The molecule has 0 radical (unpaired) electrons. The lowest BCUT2D eigenvalue weighted by atomic mass is 10.00. The molecule has 0 saturated heterocycles. The van der Waals surface area contributed by atoms with Crippen molar-refractivity contribution in [2.75, 3.05) is 20.2 Å². The smallest absolute Gasteiger partial charge is 0.471 e. The van der Waals surface area contributed by atoms with Crippen LogP contribution in [0.5, 0.6) is 5.75 Å². The maximum Gasteiger partial charge on any atom is 0.471 e. The Balaban J connectivity index is 1.54. The third-order valence-electron chi connectivity index (χ3n) is 6.92. The predicted molar refractivity (Wildman–Crippen MR) is 147 cm³/mol. The molecule has 3 aromatic rings. The molecule has 1 amide bonds. The van der Waals surface area contributed by atoms with E-state index in [2.05, 4.69) is 10.0 Å². The lowest BCUT2D eigenvalue weighted by Crippen LogP contribution is -2.43. The van der Waals surface area contributed by atoms with E-state index in [0.29, 0.717) is 22.3 Å². The minimum atomic E-state index is -5.07. The van der Waals surface area contributed by atoms with Gasteiger partial charge in [0.05, 0.1) is 13.2 Å². The van der Waals surface area contributed by atoms with E-state index in [0.717, 1.165) is 23.8 Å². The number of rotatable bonds is 11. The van der Waals surface area contributed by atoms with Gasteiger partial charge in [0.25, 0.3) is 0 Å². The van der Waals surface area contributed by atoms with Gasteiger partial charge in [0.15, 0.2) is 0 Å². The number of nitrogens with one attached hydrogen (secondary N) is 1. The molecule has 1 aliphatic heterocycles. The van der Waals surface area contributed by atoms with E-state index in [1.54, 1.807) is 18.2 Å². The molecule has 8 nitrogen and oxygen atoms in total. The molecule has 0 saturated carbocycles. The summed E-state index contributed by atoms with van der Waals surface area (Å²) in [7, 11) is -3.01. The number of methoxy groups -OCH3 is 1. The molecule has 3 aromatic carbocycles. The molecule has 4 rings (SSSR count). The summed E-state index contributed by atoms with van der Waals surface area (Å²) in [6.07, 6.45) is -6.74. The Hall–Kier alpha value is -3.59. The quantitative estimate of drug-likeness (QED) is 0.308. The molecule has 0 fully saturated rings. The molecule has 232 valence electrons. The van der Waals surface area contributed by atoms with Gasteiger partial charge in [0, 0.05) is 37.1 Å². The van der Waals surface area contributed by atoms with Crippen molar-refractivity contribution in [1.29, 1.82) is 0 Å². The lowest BCUT2D eigenvalue weighted by Gasteiger charge is -2.36. The fourth-order valence-electron chi connectivity index (χ4n) is 4.78. The summed E-state index contributed by atoms with van der Waals surface area (Å²) in [5.74, 6) is -3.20. The van der Waals surface area contributed by atoms with E-state index < -0.39 is 52.4 Å². The number of aliphatic hydroxyl groups is 1. The Morgan fingerprint density at radius 1 is 1.05 bits per heavy atom. The fraction of sp³-hybridized carbons (Fsp3) is 0.345. The first-order valence-corrected chi connectivity index (χ1v) is 14.6. The van der Waals surface area contributed by atoms with Gasteiger partial charge in [0.2, 0.25) is 0 Å². The van der Waals surface area contributed by atoms with E-state index in [1.165, 1.54) is 19.2 Å². The van der Waals surface area contributed by atoms with Crippen molar-refractivity contribution < 1.29 is 45.0 Å². The van der Waals surface area contributed by atoms with Gasteiger partial charge in [-0.25, -0.2) is 17.2 Å². The van der Waals surface area contributed by atoms with Crippen LogP contribution in [0.15, 0.2) is 65.6 Å². The van der Waals surface area contributed by atoms with E-state index in [9.17, 15) is 40.3 Å². The van der Waals surface area contributed by atoms with Crippen LogP contribution in [0.4, 0.5) is 22.0 Å². The van der Waals surface area contributed by atoms with Gasteiger partial charge in [-0.05, 0) is 71.5 Å². The van der Waals surface area contributed by atoms with Crippen LogP contribution in [0.25, 0.3) is 4.72 Å². The second-order valence-corrected chi connectivity index (χ2v) is 11.7. The van der Waals surface area contributed by atoms with E-state index in [4.69, 9.17) is 4.74 Å². The summed E-state index contributed by atoms with van der Waals surface area (Å²) >= 11 is 0. The normalized spacial score (nSPS) is 15.1. The number of benzene rings is 3. The number of hydrogen-bond donors (Lipinski definition) is 2. The van der Waals surface area contributed by atoms with Crippen LogP contribution in [0, 0.1) is 11.6 Å². The highest BCUT2D eigenvalue weighted by Crippen LogP contribution is 2.30. The molecule has 2 N–H and O–H groups in total. The highest BCUT2D eigenvalue weighted by atomic mass is 32.2. The standard InChI is InChI=1S/C29H29F5N3O5S/c1-42-24-4-2-3-18(11-24)15-35-16-27(38)26(12-19-9-22(30)14-23(31)10-19)36-43(40,41)25-6-5-20-7-8-37(17-21(20)13-25)28(39)29(32,33)34/h2-6,9-11,13-14,26-27,35,38H,7-8,12,15-17H2,1H3/q-1/t26-,27+/m0/s1. The molecule has 0 aromatic heterocycles. The van der Waals surface area contributed by atoms with Crippen LogP contribution in [0.3, 0.4) is 0 Å². The monoisotopic (exact) mass is 626 g/mol. The zero-order valence-electron chi connectivity index (χ0n) is 22.9. The molecule has 14 heteroatoms. The molecule has 0 spiro atoms. The number of amides is 1. The average molecular weight is 627 g/mol. The Labute approximate surface area is 245 Å². The van der Waals surface area contributed by atoms with Crippen molar-refractivity contribution in [1.82, 2.24) is 10.2 Å². The molecular formula is C29H29F5N3O5S-. The Bertz CT molecular complexity index is 1550. The summed E-state index contributed by atoms with van der Waals surface area (Å²) in [4.78, 5) is 12.0. The number of carbonyl (C=O) groups excluding carboxylic acids is 1. The second-order valence-electron chi connectivity index (χ2n) is 10.1. The maximum atomic E-state index is 13.9. The Morgan fingerprint density at radius 2 is 1.77 bits per heavy atom. The molecule has 0 aliphatic carbocycles. The van der Waals surface area contributed by atoms with Crippen molar-refractivity contribution in [2.24, 2.45) is 0 Å². The predicted octanol–water partition coefficient (Wildman–Crippen LogP) is 4.24. The van der Waals surface area contributed by atoms with E-state index in [1.807, 2.05) is 6.07 Å². The summed E-state index contributed by atoms with van der Waals surface area (Å²) in [5.41, 5.74) is 1.66. The number of aliphatic hydroxyl groups excluding tert-OH is 1. The van der Waals surface area contributed by atoms with Crippen molar-refractivity contribution >= 4 is 15.9 Å². The summed E-state index contributed by atoms with van der Waals surface area (Å²) in [6.45, 7) is -0.486. The van der Waals surface area contributed by atoms with Gasteiger partial charge in [-0.15, -0.1) is 0 Å². The summed E-state index contributed by atoms with van der Waals surface area (Å²) in [6, 6.07) is 12.2. The number of carbonyl (C=O) groups is 1. The first-order chi connectivity index (χ1) is 20.2. The minimum Gasteiger partial charge on any atom is -0.540 e. The zero-order valence-corrected chi connectivity index (χ0v) is 23.8. The van der Waals surface area contributed by atoms with E-state index in [-0.39, 0.29) is 48.5 Å². The minimum absolute atomic E-state index is 0.0556. The van der Waals surface area contributed by atoms with Crippen LogP contribution in [0.2, 0.25) is 0 Å². The van der Waals surface area contributed by atoms with E-state index >= 15 is 0 Å². The SMILES string of the molecule is COc1cccc(CNC[C@@H](O)[C@H](Cc2cc(F)cc(F)c2)[N-]S(=O)(=O)c2ccc3c(c2)CN(C(=O)C(F)(F)F)CC3)c1. The molecule has 2 atom stereocenters. The number of halogens is 5. The van der Waals surface area contributed by atoms with Gasteiger partial charge < -0.3 is 24.8 Å². The Morgan fingerprint density at radius 3 is 2.44 bits per heavy atom. The third-order valence-corrected chi connectivity index (χ3v) is 8.32. The first-order valence-electron chi connectivity index (χ1n) is 13.2. The van der Waals surface area contributed by atoms with Crippen molar-refractivity contribution in [3.8, 4) is 5.75 Å². The van der Waals surface area contributed by atoms with Gasteiger partial charge in [-0.3, -0.25) is 4.79 Å². The van der Waals surface area contributed by atoms with Crippen LogP contribution >= 0.6 is 0 Å². The zero-order chi connectivity index (χ0) is 31.4. The molecule has 0 unspecified atom stereocenters.